The molecule has 0 saturated carbocycles. The van der Waals surface area contributed by atoms with Crippen molar-refractivity contribution < 1.29 is 4.79 Å². The predicted octanol–water partition coefficient (Wildman–Crippen LogP) is 4.92. The minimum absolute atomic E-state index is 0.276. The molecule has 21 heavy (non-hydrogen) atoms. The summed E-state index contributed by atoms with van der Waals surface area (Å²) >= 11 is 19.4. The number of halogens is 3. The number of nitrogens with zero attached hydrogens (tertiary/aromatic N) is 2. The Morgan fingerprint density at radius 3 is 2.52 bits per heavy atom. The minimum atomic E-state index is -0.380. The van der Waals surface area contributed by atoms with Gasteiger partial charge in [0.2, 0.25) is 0 Å². The van der Waals surface area contributed by atoms with E-state index in [1.807, 2.05) is 13.1 Å². The highest BCUT2D eigenvalue weighted by Crippen LogP contribution is 2.34. The Morgan fingerprint density at radius 1 is 1.24 bits per heavy atom. The molecule has 0 spiro atoms. The Balaban J connectivity index is 1.90. The summed E-state index contributed by atoms with van der Waals surface area (Å²) in [6, 6.07) is 3.03. The molecule has 108 valence electrons. The summed E-state index contributed by atoms with van der Waals surface area (Å²) in [4.78, 5) is 18.4. The fourth-order valence-corrected chi connectivity index (χ4v) is 3.58. The van der Waals surface area contributed by atoms with Gasteiger partial charge in [-0.3, -0.25) is 9.20 Å². The lowest BCUT2D eigenvalue weighted by atomic mass is 10.3. The van der Waals surface area contributed by atoms with E-state index < -0.39 is 0 Å². The highest BCUT2D eigenvalue weighted by molar-refractivity contribution is 7.17. The average molecular weight is 361 g/mol. The SMILES string of the molecule is Cc1cn2cc(C(=O)Nc3c(Cl)cc(Cl)cc3Cl)nc2s1. The molecule has 0 aliphatic rings. The van der Waals surface area contributed by atoms with Crippen LogP contribution in [0.15, 0.2) is 24.5 Å². The van der Waals surface area contributed by atoms with Crippen LogP contribution in [0.2, 0.25) is 15.1 Å². The molecule has 2 aromatic heterocycles. The van der Waals surface area contributed by atoms with Gasteiger partial charge in [0.1, 0.15) is 5.69 Å². The Morgan fingerprint density at radius 2 is 1.90 bits per heavy atom. The molecule has 0 bridgehead atoms. The van der Waals surface area contributed by atoms with Gasteiger partial charge in [-0.15, -0.1) is 11.3 Å². The summed E-state index contributed by atoms with van der Waals surface area (Å²) in [5.74, 6) is -0.380. The Bertz CT molecular complexity index is 801. The third-order valence-electron chi connectivity index (χ3n) is 2.75. The van der Waals surface area contributed by atoms with Gasteiger partial charge in [0.15, 0.2) is 4.96 Å². The Hall–Kier alpha value is -1.27. The van der Waals surface area contributed by atoms with Gasteiger partial charge in [-0.25, -0.2) is 4.98 Å². The maximum absolute atomic E-state index is 12.2. The maximum atomic E-state index is 12.2. The first-order valence-corrected chi connectivity index (χ1v) is 7.80. The van der Waals surface area contributed by atoms with E-state index in [4.69, 9.17) is 34.8 Å². The zero-order valence-corrected chi connectivity index (χ0v) is 13.7. The highest BCUT2D eigenvalue weighted by atomic mass is 35.5. The first-order valence-electron chi connectivity index (χ1n) is 5.85. The van der Waals surface area contributed by atoms with Crippen molar-refractivity contribution in [1.29, 1.82) is 0 Å². The van der Waals surface area contributed by atoms with Crippen LogP contribution in [0.5, 0.6) is 0 Å². The number of nitrogens with one attached hydrogen (secondary N) is 1. The van der Waals surface area contributed by atoms with Gasteiger partial charge in [-0.1, -0.05) is 34.8 Å². The molecular weight excluding hydrogens is 353 g/mol. The quantitative estimate of drug-likeness (QED) is 0.705. The van der Waals surface area contributed by atoms with Crippen molar-refractivity contribution in [3.05, 3.63) is 50.2 Å². The van der Waals surface area contributed by atoms with Gasteiger partial charge in [0.25, 0.3) is 5.91 Å². The molecule has 4 nitrogen and oxygen atoms in total. The van der Waals surface area contributed by atoms with Gasteiger partial charge in [0.05, 0.1) is 15.7 Å². The monoisotopic (exact) mass is 359 g/mol. The largest absolute Gasteiger partial charge is 0.318 e. The lowest BCUT2D eigenvalue weighted by Crippen LogP contribution is -2.13. The smallest absolute Gasteiger partial charge is 0.275 e. The normalized spacial score (nSPS) is 11.0. The zero-order chi connectivity index (χ0) is 15.1. The molecule has 8 heteroatoms. The molecule has 0 aliphatic heterocycles. The van der Waals surface area contributed by atoms with E-state index in [9.17, 15) is 4.79 Å². The summed E-state index contributed by atoms with van der Waals surface area (Å²) < 4.78 is 1.81. The second kappa shape index (κ2) is 5.50. The number of aromatic nitrogens is 2. The van der Waals surface area contributed by atoms with Crippen LogP contribution >= 0.6 is 46.1 Å². The van der Waals surface area contributed by atoms with Crippen LogP contribution in [0.25, 0.3) is 4.96 Å². The van der Waals surface area contributed by atoms with Crippen molar-refractivity contribution in [1.82, 2.24) is 9.38 Å². The standard InChI is InChI=1S/C13H8Cl3N3OS/c1-6-4-19-5-10(17-13(19)21-6)12(20)18-11-8(15)2-7(14)3-9(11)16/h2-5H,1H3,(H,18,20). The van der Waals surface area contributed by atoms with Gasteiger partial charge < -0.3 is 5.32 Å². The van der Waals surface area contributed by atoms with Crippen molar-refractivity contribution in [3.8, 4) is 0 Å². The molecular formula is C13H8Cl3N3OS. The van der Waals surface area contributed by atoms with Gasteiger partial charge >= 0.3 is 0 Å². The number of anilines is 1. The van der Waals surface area contributed by atoms with Crippen LogP contribution in [0, 0.1) is 6.92 Å². The van der Waals surface area contributed by atoms with Crippen LogP contribution in [0.1, 0.15) is 15.4 Å². The molecule has 0 saturated heterocycles. The van der Waals surface area contributed by atoms with Crippen molar-refractivity contribution in [2.24, 2.45) is 0 Å². The number of aryl methyl sites for hydroxylation is 1. The molecule has 0 fully saturated rings. The summed E-state index contributed by atoms with van der Waals surface area (Å²) in [7, 11) is 0. The first-order chi connectivity index (χ1) is 9.94. The van der Waals surface area contributed by atoms with E-state index in [1.165, 1.54) is 23.5 Å². The van der Waals surface area contributed by atoms with Crippen LogP contribution in [0.4, 0.5) is 5.69 Å². The molecule has 3 aromatic rings. The number of rotatable bonds is 2. The van der Waals surface area contributed by atoms with E-state index in [-0.39, 0.29) is 16.0 Å². The average Bonchev–Trinajstić information content (AvgIpc) is 2.90. The molecule has 0 aliphatic carbocycles. The number of imidazole rings is 1. The number of thiazole rings is 1. The molecule has 2 heterocycles. The van der Waals surface area contributed by atoms with E-state index in [0.717, 1.165) is 9.84 Å². The van der Waals surface area contributed by atoms with Crippen LogP contribution in [0.3, 0.4) is 0 Å². The molecule has 0 unspecified atom stereocenters. The van der Waals surface area contributed by atoms with Gasteiger partial charge in [-0.2, -0.15) is 0 Å². The fraction of sp³-hybridized carbons (Fsp3) is 0.0769. The van der Waals surface area contributed by atoms with Crippen LogP contribution < -0.4 is 5.32 Å². The number of carbonyl (C=O) groups is 1. The molecule has 0 atom stereocenters. The summed E-state index contributed by atoms with van der Waals surface area (Å²) in [6.07, 6.45) is 3.57. The summed E-state index contributed by atoms with van der Waals surface area (Å²) in [6.45, 7) is 1.98. The number of hydrogen-bond donors (Lipinski definition) is 1. The number of benzene rings is 1. The lowest BCUT2D eigenvalue weighted by Gasteiger charge is -2.08. The second-order valence-electron chi connectivity index (χ2n) is 4.36. The number of carbonyl (C=O) groups excluding carboxylic acids is 1. The third kappa shape index (κ3) is 2.87. The fourth-order valence-electron chi connectivity index (χ4n) is 1.86. The molecule has 1 N–H and O–H groups in total. The van der Waals surface area contributed by atoms with E-state index in [2.05, 4.69) is 10.3 Å². The number of hydrogen-bond acceptors (Lipinski definition) is 3. The Kier molecular flexibility index (Phi) is 3.84. The van der Waals surface area contributed by atoms with Crippen molar-refractivity contribution in [3.63, 3.8) is 0 Å². The van der Waals surface area contributed by atoms with Crippen molar-refractivity contribution in [2.45, 2.75) is 6.92 Å². The summed E-state index contributed by atoms with van der Waals surface area (Å²) in [5, 5.41) is 3.61. The highest BCUT2D eigenvalue weighted by Gasteiger charge is 2.16. The van der Waals surface area contributed by atoms with Gasteiger partial charge in [0, 0.05) is 22.3 Å². The van der Waals surface area contributed by atoms with E-state index in [1.54, 1.807) is 10.6 Å². The Labute approximate surface area is 139 Å². The lowest BCUT2D eigenvalue weighted by molar-refractivity contribution is 0.102. The van der Waals surface area contributed by atoms with Crippen molar-refractivity contribution >= 4 is 62.7 Å². The zero-order valence-electron chi connectivity index (χ0n) is 10.7. The third-order valence-corrected chi connectivity index (χ3v) is 4.48. The minimum Gasteiger partial charge on any atom is -0.318 e. The van der Waals surface area contributed by atoms with E-state index >= 15 is 0 Å². The topological polar surface area (TPSA) is 46.4 Å². The van der Waals surface area contributed by atoms with Crippen molar-refractivity contribution in [2.75, 3.05) is 5.32 Å². The first kappa shape index (κ1) is 14.7. The molecule has 1 amide bonds. The van der Waals surface area contributed by atoms with Crippen LogP contribution in [-0.4, -0.2) is 15.3 Å². The summed E-state index contributed by atoms with van der Waals surface area (Å²) in [5.41, 5.74) is 0.614. The predicted molar refractivity (Wildman–Crippen MR) is 87.2 cm³/mol. The number of amides is 1. The van der Waals surface area contributed by atoms with E-state index in [0.29, 0.717) is 16.4 Å². The molecule has 3 rings (SSSR count). The maximum Gasteiger partial charge on any atom is 0.275 e. The molecule has 0 radical (unpaired) electrons. The number of fused-ring (bicyclic) bond motifs is 1. The second-order valence-corrected chi connectivity index (χ2v) is 6.82. The van der Waals surface area contributed by atoms with Gasteiger partial charge in [-0.05, 0) is 19.1 Å². The molecule has 1 aromatic carbocycles. The van der Waals surface area contributed by atoms with Crippen LogP contribution in [-0.2, 0) is 0 Å².